The fourth-order valence-corrected chi connectivity index (χ4v) is 4.46. The first kappa shape index (κ1) is 17.3. The summed E-state index contributed by atoms with van der Waals surface area (Å²) >= 11 is 0. The second-order valence-electron chi connectivity index (χ2n) is 9.60. The first-order valence-electron chi connectivity index (χ1n) is 8.91. The number of rotatable bonds is 7. The molecule has 3 atom stereocenters. The summed E-state index contributed by atoms with van der Waals surface area (Å²) in [5.41, 5.74) is 1.06. The molecule has 2 saturated carbocycles. The number of fused-ring (bicyclic) bond motifs is 2. The first-order valence-corrected chi connectivity index (χ1v) is 8.91. The molecule has 0 spiro atoms. The van der Waals surface area contributed by atoms with E-state index in [1.807, 2.05) is 0 Å². The van der Waals surface area contributed by atoms with Crippen molar-refractivity contribution >= 4 is 0 Å². The van der Waals surface area contributed by atoms with Gasteiger partial charge in [-0.3, -0.25) is 0 Å². The van der Waals surface area contributed by atoms with Crippen molar-refractivity contribution < 1.29 is 4.74 Å². The molecule has 2 aliphatic rings. The molecule has 0 heterocycles. The molecular weight excluding hydrogens is 258 g/mol. The van der Waals surface area contributed by atoms with Gasteiger partial charge in [-0.25, -0.2) is 0 Å². The summed E-state index contributed by atoms with van der Waals surface area (Å²) in [6.45, 7) is 19.6. The van der Waals surface area contributed by atoms with Crippen LogP contribution in [0.25, 0.3) is 0 Å². The van der Waals surface area contributed by atoms with Gasteiger partial charge in [-0.05, 0) is 48.5 Å². The van der Waals surface area contributed by atoms with Gasteiger partial charge in [0.15, 0.2) is 0 Å². The smallest absolute Gasteiger partial charge is 0.0637 e. The van der Waals surface area contributed by atoms with Crippen LogP contribution in [0.2, 0.25) is 0 Å². The fraction of sp³-hybridized carbons (Fsp3) is 1.00. The van der Waals surface area contributed by atoms with E-state index >= 15 is 0 Å². The molecule has 2 rings (SSSR count). The average molecular weight is 296 g/mol. The van der Waals surface area contributed by atoms with Crippen LogP contribution in [0.15, 0.2) is 0 Å². The summed E-state index contributed by atoms with van der Waals surface area (Å²) in [7, 11) is 0. The number of hydrogen-bond acceptors (Lipinski definition) is 2. The molecule has 0 aromatic heterocycles. The first-order chi connectivity index (χ1) is 9.58. The highest BCUT2D eigenvalue weighted by atomic mass is 16.5. The van der Waals surface area contributed by atoms with Crippen LogP contribution >= 0.6 is 0 Å². The normalized spacial score (nSPS) is 34.9. The second kappa shape index (κ2) is 5.85. The van der Waals surface area contributed by atoms with Crippen LogP contribution in [-0.4, -0.2) is 25.8 Å². The van der Waals surface area contributed by atoms with Crippen molar-refractivity contribution in [1.82, 2.24) is 5.32 Å². The zero-order valence-corrected chi connectivity index (χ0v) is 15.4. The van der Waals surface area contributed by atoms with Crippen molar-refractivity contribution in [3.8, 4) is 0 Å². The molecule has 0 saturated heterocycles. The maximum atomic E-state index is 6.46. The van der Waals surface area contributed by atoms with Crippen LogP contribution in [0, 0.1) is 28.1 Å². The fourth-order valence-electron chi connectivity index (χ4n) is 4.46. The molecule has 124 valence electrons. The molecular formula is C19H37NO. The van der Waals surface area contributed by atoms with Crippen molar-refractivity contribution in [1.29, 1.82) is 0 Å². The Hall–Kier alpha value is -0.0800. The Bertz CT molecular complexity index is 361. The highest BCUT2D eigenvalue weighted by Crippen LogP contribution is 2.66. The summed E-state index contributed by atoms with van der Waals surface area (Å²) in [4.78, 5) is 0. The minimum Gasteiger partial charge on any atom is -0.377 e. The third kappa shape index (κ3) is 3.32. The van der Waals surface area contributed by atoms with Crippen molar-refractivity contribution in [3.05, 3.63) is 0 Å². The van der Waals surface area contributed by atoms with Gasteiger partial charge in [-0.15, -0.1) is 0 Å². The van der Waals surface area contributed by atoms with Gasteiger partial charge in [0, 0.05) is 12.0 Å². The maximum absolute atomic E-state index is 6.46. The van der Waals surface area contributed by atoms with Crippen molar-refractivity contribution in [2.45, 2.75) is 73.8 Å². The molecule has 1 N–H and O–H groups in total. The van der Waals surface area contributed by atoms with E-state index in [1.54, 1.807) is 0 Å². The monoisotopic (exact) mass is 295 g/mol. The quantitative estimate of drug-likeness (QED) is 0.747. The number of nitrogens with one attached hydrogen (secondary N) is 1. The molecule has 0 aromatic rings. The Kier molecular flexibility index (Phi) is 4.81. The molecule has 2 aliphatic carbocycles. The van der Waals surface area contributed by atoms with Crippen LogP contribution in [0.3, 0.4) is 0 Å². The summed E-state index contributed by atoms with van der Waals surface area (Å²) in [6, 6.07) is 0. The van der Waals surface area contributed by atoms with E-state index in [9.17, 15) is 0 Å². The van der Waals surface area contributed by atoms with Crippen LogP contribution in [0.4, 0.5) is 0 Å². The summed E-state index contributed by atoms with van der Waals surface area (Å²) in [6.07, 6.45) is 4.50. The molecule has 2 heteroatoms. The predicted molar refractivity (Wildman–Crippen MR) is 90.5 cm³/mol. The van der Waals surface area contributed by atoms with Crippen molar-refractivity contribution in [3.63, 3.8) is 0 Å². The average Bonchev–Trinajstić information content (AvgIpc) is 2.68. The third-order valence-corrected chi connectivity index (χ3v) is 6.55. The van der Waals surface area contributed by atoms with Crippen LogP contribution in [0.1, 0.15) is 67.7 Å². The molecule has 0 aromatic carbocycles. The molecule has 2 fully saturated rings. The Morgan fingerprint density at radius 3 is 2.38 bits per heavy atom. The van der Waals surface area contributed by atoms with Gasteiger partial charge in [-0.2, -0.15) is 0 Å². The number of ether oxygens (including phenoxy) is 1. The highest BCUT2D eigenvalue weighted by molar-refractivity contribution is 5.11. The van der Waals surface area contributed by atoms with Gasteiger partial charge in [-0.1, -0.05) is 48.5 Å². The Balaban J connectivity index is 1.84. The van der Waals surface area contributed by atoms with Gasteiger partial charge in [0.05, 0.1) is 12.7 Å². The zero-order valence-electron chi connectivity index (χ0n) is 15.4. The van der Waals surface area contributed by atoms with Crippen LogP contribution in [0.5, 0.6) is 0 Å². The molecule has 2 bridgehead atoms. The molecule has 0 aliphatic heterocycles. The summed E-state index contributed by atoms with van der Waals surface area (Å²) < 4.78 is 6.46. The lowest BCUT2D eigenvalue weighted by Crippen LogP contribution is -2.41. The standard InChI is InChI=1S/C19H37NO/c1-14(2)11-20-12-17(3,4)13-21-16-10-15-8-9-19(16,7)18(15,5)6/h14-16,20H,8-13H2,1-7H3. The summed E-state index contributed by atoms with van der Waals surface area (Å²) in [5, 5.41) is 3.58. The van der Waals surface area contributed by atoms with Gasteiger partial charge in [0.25, 0.3) is 0 Å². The lowest BCUT2D eigenvalue weighted by molar-refractivity contribution is -0.0719. The number of hydrogen-bond donors (Lipinski definition) is 1. The van der Waals surface area contributed by atoms with Gasteiger partial charge >= 0.3 is 0 Å². The third-order valence-electron chi connectivity index (χ3n) is 6.55. The maximum Gasteiger partial charge on any atom is 0.0637 e. The minimum atomic E-state index is 0.219. The van der Waals surface area contributed by atoms with E-state index in [-0.39, 0.29) is 5.41 Å². The van der Waals surface area contributed by atoms with Crippen LogP contribution in [-0.2, 0) is 4.74 Å². The van der Waals surface area contributed by atoms with E-state index in [0.29, 0.717) is 22.9 Å². The van der Waals surface area contributed by atoms with Gasteiger partial charge in [0.1, 0.15) is 0 Å². The Morgan fingerprint density at radius 2 is 1.90 bits per heavy atom. The highest BCUT2D eigenvalue weighted by Gasteiger charge is 2.61. The largest absolute Gasteiger partial charge is 0.377 e. The lowest BCUT2D eigenvalue weighted by atomic mass is 9.70. The predicted octanol–water partition coefficient (Wildman–Crippen LogP) is 4.49. The van der Waals surface area contributed by atoms with Gasteiger partial charge < -0.3 is 10.1 Å². The van der Waals surface area contributed by atoms with E-state index in [2.05, 4.69) is 53.8 Å². The topological polar surface area (TPSA) is 21.3 Å². The summed E-state index contributed by atoms with van der Waals surface area (Å²) in [5.74, 6) is 1.58. The molecule has 0 amide bonds. The zero-order chi connectivity index (χ0) is 15.9. The van der Waals surface area contributed by atoms with Crippen molar-refractivity contribution in [2.24, 2.45) is 28.1 Å². The van der Waals surface area contributed by atoms with E-state index in [1.165, 1.54) is 19.3 Å². The van der Waals surface area contributed by atoms with E-state index in [4.69, 9.17) is 4.74 Å². The van der Waals surface area contributed by atoms with Crippen LogP contribution < -0.4 is 5.32 Å². The van der Waals surface area contributed by atoms with Gasteiger partial charge in [0.2, 0.25) is 0 Å². The minimum absolute atomic E-state index is 0.219. The van der Waals surface area contributed by atoms with E-state index in [0.717, 1.165) is 25.6 Å². The second-order valence-corrected chi connectivity index (χ2v) is 9.60. The molecule has 2 nitrogen and oxygen atoms in total. The van der Waals surface area contributed by atoms with E-state index < -0.39 is 0 Å². The molecule has 0 radical (unpaired) electrons. The molecule has 3 unspecified atom stereocenters. The Morgan fingerprint density at radius 1 is 1.24 bits per heavy atom. The lowest BCUT2D eigenvalue weighted by Gasteiger charge is -2.40. The van der Waals surface area contributed by atoms with Crippen molar-refractivity contribution in [2.75, 3.05) is 19.7 Å². The SMILES string of the molecule is CC(C)CNCC(C)(C)COC1CC2CCC1(C)C2(C)C. The Labute approximate surface area is 132 Å². The molecule has 21 heavy (non-hydrogen) atoms.